The Bertz CT molecular complexity index is 2080. The van der Waals surface area contributed by atoms with E-state index >= 15 is 0 Å². The number of nitrogens with two attached hydrogens (primary N) is 1. The second-order valence-corrected chi connectivity index (χ2v) is 14.5. The fraction of sp³-hybridized carbons (Fsp3) is 0.513. The molecular weight excluding hydrogens is 716 g/mol. The van der Waals surface area contributed by atoms with Gasteiger partial charge in [-0.2, -0.15) is 0 Å². The van der Waals surface area contributed by atoms with Gasteiger partial charge in [-0.25, -0.2) is 19.6 Å². The maximum atomic E-state index is 14.2. The molecule has 0 unspecified atom stereocenters. The number of halogens is 1. The lowest BCUT2D eigenvalue weighted by Gasteiger charge is -2.35. The van der Waals surface area contributed by atoms with Gasteiger partial charge in [-0.1, -0.05) is 52.0 Å². The summed E-state index contributed by atoms with van der Waals surface area (Å²) in [6.07, 6.45) is 8.77. The first-order valence-electron chi connectivity index (χ1n) is 18.8. The number of ether oxygens (including phenoxy) is 2. The molecule has 3 aliphatic heterocycles. The second kappa shape index (κ2) is 15.9. The van der Waals surface area contributed by atoms with E-state index in [4.69, 9.17) is 25.2 Å². The topological polar surface area (TPSA) is 196 Å². The Morgan fingerprint density at radius 3 is 2.63 bits per heavy atom. The van der Waals surface area contributed by atoms with Crippen LogP contribution in [0.2, 0.25) is 0 Å². The summed E-state index contributed by atoms with van der Waals surface area (Å²) in [6, 6.07) is 5.21. The first-order valence-corrected chi connectivity index (χ1v) is 18.8. The number of fused-ring (bicyclic) bond motifs is 5. The molecule has 4 aliphatic rings. The zero-order chi connectivity index (χ0) is 37.4. The molecule has 288 valence electrons. The highest BCUT2D eigenvalue weighted by Gasteiger charge is 2.50. The molecule has 7 rings (SSSR count). The summed E-state index contributed by atoms with van der Waals surface area (Å²) < 4.78 is 13.0. The van der Waals surface area contributed by atoms with Crippen molar-refractivity contribution in [3.63, 3.8) is 0 Å². The summed E-state index contributed by atoms with van der Waals surface area (Å²) in [5.41, 5.74) is 8.72. The van der Waals surface area contributed by atoms with E-state index in [1.54, 1.807) is 17.6 Å². The predicted molar refractivity (Wildman–Crippen MR) is 204 cm³/mol. The van der Waals surface area contributed by atoms with Gasteiger partial charge in [-0.3, -0.25) is 14.4 Å². The summed E-state index contributed by atoms with van der Waals surface area (Å²) in [5, 5.41) is 13.3. The number of amides is 1. The molecule has 1 amide bonds. The molecule has 1 saturated carbocycles. The number of unbranched alkanes of at least 4 members (excludes halogenated alkanes) is 2. The number of benzene rings is 1. The van der Waals surface area contributed by atoms with Crippen molar-refractivity contribution >= 4 is 64.8 Å². The molecular formula is C39H47ClN6O8. The number of pyridine rings is 2. The van der Waals surface area contributed by atoms with Crippen molar-refractivity contribution in [1.82, 2.24) is 14.9 Å². The molecule has 4 N–H and O–H groups in total. The number of aliphatic imine (C=N–C) groups is 1. The van der Waals surface area contributed by atoms with Crippen molar-refractivity contribution in [3.05, 3.63) is 51.3 Å². The first kappa shape index (κ1) is 38.9. The monoisotopic (exact) mass is 762 g/mol. The number of carbonyl (C=O) groups excluding carboxylic acids is 3. The number of aromatic nitrogens is 2. The Morgan fingerprint density at radius 2 is 1.91 bits per heavy atom. The lowest BCUT2D eigenvalue weighted by Crippen LogP contribution is -2.51. The van der Waals surface area contributed by atoms with Crippen molar-refractivity contribution in [2.75, 3.05) is 11.4 Å². The number of rotatable bonds is 13. The number of carboxylic acid groups (broad SMARTS) is 1. The van der Waals surface area contributed by atoms with Crippen LogP contribution in [0.1, 0.15) is 101 Å². The van der Waals surface area contributed by atoms with E-state index in [0.29, 0.717) is 11.4 Å². The van der Waals surface area contributed by atoms with Crippen LogP contribution >= 0.6 is 12.4 Å². The molecule has 3 atom stereocenters. The Balaban J connectivity index is 0.00000497. The maximum Gasteiger partial charge on any atom is 0.355 e. The highest BCUT2D eigenvalue weighted by atomic mass is 35.5. The molecule has 0 radical (unpaired) electrons. The van der Waals surface area contributed by atoms with E-state index in [2.05, 4.69) is 17.1 Å². The van der Waals surface area contributed by atoms with E-state index in [-0.39, 0.29) is 61.0 Å². The quantitative estimate of drug-likeness (QED) is 0.123. The van der Waals surface area contributed by atoms with Gasteiger partial charge in [0.2, 0.25) is 11.5 Å². The standard InChI is InChI=1S/C39H46N6O8.ClH/c1-3-5-9-17-44-21-41-26-13-10-14-27-31(26)34(44)23-19-45-29(33(23)42-27)18-25-24(36(45)48)20-52-38(51)39(25,4-2)53-30(46)16-15-28(37(49)50)43-35(47)32(40)22-11-7-6-8-12-22;/h10,13-14,18,21-22,28,32H,3-9,11-12,15-17,19-20,40H2,1-2H3,(H,43,47)(H,49,50);1H/t28-,32-,39-;/m0./s1. The average Bonchev–Trinajstić information content (AvgIpc) is 3.53. The van der Waals surface area contributed by atoms with Crippen LogP contribution in [0, 0.1) is 5.92 Å². The molecule has 0 saturated heterocycles. The Morgan fingerprint density at radius 1 is 1.13 bits per heavy atom. The molecule has 3 aromatic rings. The van der Waals surface area contributed by atoms with Gasteiger partial charge in [-0.05, 0) is 56.2 Å². The number of anilines is 1. The van der Waals surface area contributed by atoms with E-state index in [0.717, 1.165) is 85.8 Å². The number of carbonyl (C=O) groups is 4. The van der Waals surface area contributed by atoms with Crippen LogP contribution in [0.5, 0.6) is 0 Å². The fourth-order valence-electron chi connectivity index (χ4n) is 8.30. The van der Waals surface area contributed by atoms with Crippen LogP contribution in [-0.4, -0.2) is 63.4 Å². The highest BCUT2D eigenvalue weighted by Crippen LogP contribution is 2.47. The van der Waals surface area contributed by atoms with Gasteiger partial charge in [0.25, 0.3) is 5.56 Å². The lowest BCUT2D eigenvalue weighted by molar-refractivity contribution is -0.189. The molecule has 1 aromatic carbocycles. The van der Waals surface area contributed by atoms with E-state index in [1.165, 1.54) is 0 Å². The molecule has 5 heterocycles. The van der Waals surface area contributed by atoms with Crippen LogP contribution in [0.4, 0.5) is 11.4 Å². The van der Waals surface area contributed by atoms with Crippen LogP contribution in [-0.2, 0) is 47.4 Å². The van der Waals surface area contributed by atoms with Gasteiger partial charge in [0.05, 0.1) is 58.2 Å². The van der Waals surface area contributed by atoms with Crippen molar-refractivity contribution in [1.29, 1.82) is 0 Å². The normalized spacial score (nSPS) is 19.5. The SMILES string of the molecule is CCCCCN1C=Nc2cccc3nc4c(c1c23)Cn1c-4cc2c(c1=O)COC(=O)[C@@]2(CC)OC(=O)CC[C@H](NC(=O)[C@@H](N)C1CCCCC1)C(=O)O.Cl. The molecule has 54 heavy (non-hydrogen) atoms. The number of hydrogen-bond donors (Lipinski definition) is 3. The zero-order valence-corrected chi connectivity index (χ0v) is 31.4. The van der Waals surface area contributed by atoms with Crippen molar-refractivity contribution in [3.8, 4) is 11.4 Å². The number of aliphatic carboxylic acids is 1. The van der Waals surface area contributed by atoms with Gasteiger partial charge < -0.3 is 35.1 Å². The van der Waals surface area contributed by atoms with E-state index in [1.807, 2.05) is 24.5 Å². The minimum absolute atomic E-state index is 0. The molecule has 1 aliphatic carbocycles. The maximum absolute atomic E-state index is 14.2. The van der Waals surface area contributed by atoms with Crippen LogP contribution < -0.4 is 21.5 Å². The highest BCUT2D eigenvalue weighted by molar-refractivity contribution is 6.11. The Labute approximate surface area is 318 Å². The molecule has 0 spiro atoms. The molecule has 0 bridgehead atoms. The number of esters is 2. The van der Waals surface area contributed by atoms with Gasteiger partial charge >= 0.3 is 17.9 Å². The molecule has 14 nitrogen and oxygen atoms in total. The largest absolute Gasteiger partial charge is 0.480 e. The Kier molecular flexibility index (Phi) is 11.4. The van der Waals surface area contributed by atoms with Crippen LogP contribution in [0.25, 0.3) is 22.3 Å². The lowest BCUT2D eigenvalue weighted by atomic mass is 9.84. The summed E-state index contributed by atoms with van der Waals surface area (Å²) in [5.74, 6) is -3.63. The van der Waals surface area contributed by atoms with Gasteiger partial charge in [0, 0.05) is 24.1 Å². The smallest absolute Gasteiger partial charge is 0.355 e. The third-order valence-electron chi connectivity index (χ3n) is 11.3. The van der Waals surface area contributed by atoms with Crippen molar-refractivity contribution < 1.29 is 33.8 Å². The van der Waals surface area contributed by atoms with E-state index < -0.39 is 47.9 Å². The summed E-state index contributed by atoms with van der Waals surface area (Å²) in [6.45, 7) is 4.51. The third-order valence-corrected chi connectivity index (χ3v) is 11.3. The summed E-state index contributed by atoms with van der Waals surface area (Å²) in [7, 11) is 0. The van der Waals surface area contributed by atoms with Crippen LogP contribution in [0.15, 0.2) is 34.1 Å². The molecule has 2 aromatic heterocycles. The molecule has 15 heteroatoms. The summed E-state index contributed by atoms with van der Waals surface area (Å²) >= 11 is 0. The Hall–Kier alpha value is -4.82. The number of carboxylic acids is 1. The van der Waals surface area contributed by atoms with Gasteiger partial charge in [0.15, 0.2) is 0 Å². The van der Waals surface area contributed by atoms with Crippen molar-refractivity contribution in [2.45, 2.75) is 115 Å². The van der Waals surface area contributed by atoms with Gasteiger partial charge in [0.1, 0.15) is 12.6 Å². The number of nitrogens with one attached hydrogen (secondary N) is 1. The summed E-state index contributed by atoms with van der Waals surface area (Å²) in [4.78, 5) is 78.2. The molecule has 1 fully saturated rings. The number of nitrogens with zero attached hydrogens (tertiary/aromatic N) is 4. The number of hydrogen-bond acceptors (Lipinski definition) is 11. The fourth-order valence-corrected chi connectivity index (χ4v) is 8.30. The zero-order valence-electron chi connectivity index (χ0n) is 30.6. The second-order valence-electron chi connectivity index (χ2n) is 14.5. The third kappa shape index (κ3) is 6.85. The minimum Gasteiger partial charge on any atom is -0.480 e. The van der Waals surface area contributed by atoms with Gasteiger partial charge in [-0.15, -0.1) is 12.4 Å². The predicted octanol–water partition coefficient (Wildman–Crippen LogP) is 4.98. The number of cyclic esters (lactones) is 1. The van der Waals surface area contributed by atoms with E-state index in [9.17, 15) is 29.1 Å². The first-order chi connectivity index (χ1) is 25.6. The minimum atomic E-state index is -1.95. The average molecular weight is 763 g/mol. The van der Waals surface area contributed by atoms with Crippen molar-refractivity contribution in [2.24, 2.45) is 16.6 Å². The van der Waals surface area contributed by atoms with Crippen LogP contribution in [0.3, 0.4) is 0 Å².